The molecule has 4 rings (SSSR count). The maximum atomic E-state index is 12.2. The summed E-state index contributed by atoms with van der Waals surface area (Å²) in [6.45, 7) is 0.663. The Morgan fingerprint density at radius 3 is 2.89 bits per heavy atom. The molecule has 0 saturated heterocycles. The molecule has 1 amide bonds. The summed E-state index contributed by atoms with van der Waals surface area (Å²) < 4.78 is 16.1. The highest BCUT2D eigenvalue weighted by atomic mass is 32.1. The van der Waals surface area contributed by atoms with Gasteiger partial charge in [-0.05, 0) is 12.1 Å². The molecule has 0 fully saturated rings. The molecule has 28 heavy (non-hydrogen) atoms. The number of benzene rings is 2. The number of carbonyl (C=O) groups excluding carboxylic acids is 1. The maximum absolute atomic E-state index is 12.2. The first kappa shape index (κ1) is 17.9. The number of ether oxygens (including phenoxy) is 3. The van der Waals surface area contributed by atoms with Crippen LogP contribution in [-0.2, 0) is 0 Å². The molecule has 1 aliphatic rings. The Labute approximate surface area is 166 Å². The van der Waals surface area contributed by atoms with Crippen LogP contribution >= 0.6 is 11.3 Å². The lowest BCUT2D eigenvalue weighted by Gasteiger charge is -2.02. The Hall–Kier alpha value is -3.50. The van der Waals surface area contributed by atoms with Crippen molar-refractivity contribution in [3.8, 4) is 39.7 Å². The molecule has 1 N–H and O–H groups in total. The van der Waals surface area contributed by atoms with E-state index in [2.05, 4.69) is 22.1 Å². The van der Waals surface area contributed by atoms with Crippen molar-refractivity contribution in [1.29, 1.82) is 0 Å². The van der Waals surface area contributed by atoms with Gasteiger partial charge in [0.2, 0.25) is 6.79 Å². The monoisotopic (exact) mass is 392 g/mol. The van der Waals surface area contributed by atoms with Gasteiger partial charge in [0, 0.05) is 17.0 Å². The molecule has 0 saturated carbocycles. The molecule has 0 atom stereocenters. The third-order valence-corrected chi connectivity index (χ3v) is 4.77. The maximum Gasteiger partial charge on any atom is 0.271 e. The molecule has 0 radical (unpaired) electrons. The van der Waals surface area contributed by atoms with Gasteiger partial charge in [-0.1, -0.05) is 42.2 Å². The summed E-state index contributed by atoms with van der Waals surface area (Å²) in [6, 6.07) is 15.1. The van der Waals surface area contributed by atoms with Gasteiger partial charge in [-0.25, -0.2) is 4.98 Å². The highest BCUT2D eigenvalue weighted by molar-refractivity contribution is 7.13. The molecular formula is C21H16N2O4S. The quantitative estimate of drug-likeness (QED) is 0.675. The highest BCUT2D eigenvalue weighted by Gasteiger charge is 2.13. The van der Waals surface area contributed by atoms with Crippen molar-refractivity contribution in [1.82, 2.24) is 10.3 Å². The third-order valence-electron chi connectivity index (χ3n) is 3.87. The zero-order valence-electron chi connectivity index (χ0n) is 14.8. The number of amides is 1. The second kappa shape index (κ2) is 8.46. The summed E-state index contributed by atoms with van der Waals surface area (Å²) in [7, 11) is 0. The van der Waals surface area contributed by atoms with Gasteiger partial charge in [-0.15, -0.1) is 11.3 Å². The SMILES string of the molecule is O=C(NCC#CCOc1ccc2c(c1)OCO2)c1csc(-c2ccccc2)n1. The fourth-order valence-corrected chi connectivity index (χ4v) is 3.31. The minimum absolute atomic E-state index is 0.213. The van der Waals surface area contributed by atoms with Crippen molar-refractivity contribution in [2.75, 3.05) is 19.9 Å². The first-order valence-corrected chi connectivity index (χ1v) is 9.45. The molecule has 0 unspecified atom stereocenters. The lowest BCUT2D eigenvalue weighted by Crippen LogP contribution is -2.23. The van der Waals surface area contributed by atoms with Crippen LogP contribution in [0.25, 0.3) is 10.6 Å². The number of fused-ring (bicyclic) bond motifs is 1. The second-order valence-electron chi connectivity index (χ2n) is 5.74. The summed E-state index contributed by atoms with van der Waals surface area (Å²) in [6.07, 6.45) is 0. The van der Waals surface area contributed by atoms with E-state index < -0.39 is 0 Å². The van der Waals surface area contributed by atoms with E-state index >= 15 is 0 Å². The fourth-order valence-electron chi connectivity index (χ4n) is 2.51. The second-order valence-corrected chi connectivity index (χ2v) is 6.60. The summed E-state index contributed by atoms with van der Waals surface area (Å²) in [5.41, 5.74) is 1.38. The minimum atomic E-state index is -0.246. The lowest BCUT2D eigenvalue weighted by atomic mass is 10.2. The van der Waals surface area contributed by atoms with Crippen LogP contribution in [0.5, 0.6) is 17.2 Å². The normalized spacial score (nSPS) is 11.4. The number of nitrogens with zero attached hydrogens (tertiary/aromatic N) is 1. The molecule has 1 aliphatic heterocycles. The van der Waals surface area contributed by atoms with Crippen molar-refractivity contribution in [2.24, 2.45) is 0 Å². The van der Waals surface area contributed by atoms with Crippen LogP contribution in [0.3, 0.4) is 0 Å². The topological polar surface area (TPSA) is 69.7 Å². The van der Waals surface area contributed by atoms with E-state index in [1.165, 1.54) is 11.3 Å². The number of nitrogens with one attached hydrogen (secondary N) is 1. The number of aromatic nitrogens is 1. The van der Waals surface area contributed by atoms with Gasteiger partial charge in [-0.2, -0.15) is 0 Å². The molecular weight excluding hydrogens is 376 g/mol. The van der Waals surface area contributed by atoms with Crippen LogP contribution in [0.2, 0.25) is 0 Å². The van der Waals surface area contributed by atoms with Crippen LogP contribution in [0, 0.1) is 11.8 Å². The van der Waals surface area contributed by atoms with Gasteiger partial charge in [-0.3, -0.25) is 4.79 Å². The van der Waals surface area contributed by atoms with Crippen molar-refractivity contribution >= 4 is 17.2 Å². The fraction of sp³-hybridized carbons (Fsp3) is 0.143. The number of hydrogen-bond acceptors (Lipinski definition) is 6. The van der Waals surface area contributed by atoms with Crippen LogP contribution in [-0.4, -0.2) is 30.8 Å². The molecule has 140 valence electrons. The Bertz CT molecular complexity index is 1040. The Morgan fingerprint density at radius 1 is 1.14 bits per heavy atom. The van der Waals surface area contributed by atoms with Crippen molar-refractivity contribution in [3.05, 3.63) is 59.6 Å². The summed E-state index contributed by atoms with van der Waals surface area (Å²) in [4.78, 5) is 16.5. The van der Waals surface area contributed by atoms with Gasteiger partial charge in [0.05, 0.1) is 6.54 Å². The smallest absolute Gasteiger partial charge is 0.271 e. The lowest BCUT2D eigenvalue weighted by molar-refractivity contribution is 0.0954. The number of carbonyl (C=O) groups is 1. The summed E-state index contributed by atoms with van der Waals surface area (Å²) in [5, 5.41) is 5.29. The molecule has 2 heterocycles. The van der Waals surface area contributed by atoms with E-state index in [0.717, 1.165) is 10.6 Å². The molecule has 1 aromatic heterocycles. The molecule has 0 bridgehead atoms. The summed E-state index contributed by atoms with van der Waals surface area (Å²) >= 11 is 1.44. The molecule has 0 spiro atoms. The number of thiazole rings is 1. The van der Waals surface area contributed by atoms with E-state index in [9.17, 15) is 4.79 Å². The Morgan fingerprint density at radius 2 is 2.00 bits per heavy atom. The Kier molecular flexibility index (Phi) is 5.41. The van der Waals surface area contributed by atoms with E-state index in [0.29, 0.717) is 22.9 Å². The predicted molar refractivity (Wildman–Crippen MR) is 106 cm³/mol. The zero-order valence-corrected chi connectivity index (χ0v) is 15.6. The minimum Gasteiger partial charge on any atom is -0.481 e. The zero-order chi connectivity index (χ0) is 19.2. The average Bonchev–Trinajstić information content (AvgIpc) is 3.40. The Balaban J connectivity index is 1.23. The standard InChI is InChI=1S/C21H16N2O4S/c24-20(17-13-28-21(23-17)15-6-2-1-3-7-15)22-10-4-5-11-25-16-8-9-18-19(12-16)27-14-26-18/h1-3,6-9,12-13H,10-11,14H2,(H,22,24). The van der Waals surface area contributed by atoms with Crippen LogP contribution in [0.1, 0.15) is 10.5 Å². The van der Waals surface area contributed by atoms with Gasteiger partial charge >= 0.3 is 0 Å². The van der Waals surface area contributed by atoms with Gasteiger partial charge < -0.3 is 19.5 Å². The average molecular weight is 392 g/mol. The van der Waals surface area contributed by atoms with E-state index in [1.54, 1.807) is 23.6 Å². The van der Waals surface area contributed by atoms with E-state index in [1.807, 2.05) is 30.3 Å². The largest absolute Gasteiger partial charge is 0.481 e. The predicted octanol–water partition coefficient (Wildman–Crippen LogP) is 3.35. The van der Waals surface area contributed by atoms with Crippen LogP contribution < -0.4 is 19.5 Å². The number of hydrogen-bond donors (Lipinski definition) is 1. The van der Waals surface area contributed by atoms with Gasteiger partial charge in [0.15, 0.2) is 11.5 Å². The first-order valence-electron chi connectivity index (χ1n) is 8.57. The molecule has 3 aromatic rings. The van der Waals surface area contributed by atoms with E-state index in [-0.39, 0.29) is 25.9 Å². The molecule has 6 nitrogen and oxygen atoms in total. The molecule has 7 heteroatoms. The first-order chi connectivity index (χ1) is 13.8. The van der Waals surface area contributed by atoms with Crippen molar-refractivity contribution in [2.45, 2.75) is 0 Å². The highest BCUT2D eigenvalue weighted by Crippen LogP contribution is 2.34. The molecule has 0 aliphatic carbocycles. The van der Waals surface area contributed by atoms with Gasteiger partial charge in [0.1, 0.15) is 23.1 Å². The van der Waals surface area contributed by atoms with Crippen molar-refractivity contribution in [3.63, 3.8) is 0 Å². The van der Waals surface area contributed by atoms with Crippen molar-refractivity contribution < 1.29 is 19.0 Å². The van der Waals surface area contributed by atoms with E-state index in [4.69, 9.17) is 14.2 Å². The van der Waals surface area contributed by atoms with Crippen LogP contribution in [0.4, 0.5) is 0 Å². The third kappa shape index (κ3) is 4.24. The molecule has 2 aromatic carbocycles. The number of rotatable bonds is 5. The van der Waals surface area contributed by atoms with Crippen LogP contribution in [0.15, 0.2) is 53.9 Å². The summed E-state index contributed by atoms with van der Waals surface area (Å²) in [5.74, 6) is 7.50. The van der Waals surface area contributed by atoms with Gasteiger partial charge in [0.25, 0.3) is 5.91 Å².